The molecular formula is C58H54N2. The molecular weight excluding hydrogens is 725 g/mol. The van der Waals surface area contributed by atoms with Crippen molar-refractivity contribution < 1.29 is 0 Å². The van der Waals surface area contributed by atoms with E-state index in [1.807, 2.05) is 0 Å². The molecule has 10 rings (SSSR count). The summed E-state index contributed by atoms with van der Waals surface area (Å²) in [6.45, 7) is 23.0. The van der Waals surface area contributed by atoms with Crippen molar-refractivity contribution in [1.82, 2.24) is 9.97 Å². The Balaban J connectivity index is 1.09. The molecule has 0 N–H and O–H groups in total. The lowest BCUT2D eigenvalue weighted by atomic mass is 9.80. The van der Waals surface area contributed by atoms with E-state index < -0.39 is 0 Å². The minimum atomic E-state index is -0.111. The zero-order chi connectivity index (χ0) is 41.9. The maximum Gasteiger partial charge on any atom is 0.0973 e. The second-order valence-corrected chi connectivity index (χ2v) is 20.3. The Morgan fingerprint density at radius 3 is 1.02 bits per heavy atom. The zero-order valence-electron chi connectivity index (χ0n) is 36.8. The number of hydrogen-bond donors (Lipinski definition) is 0. The summed E-state index contributed by atoms with van der Waals surface area (Å²) < 4.78 is 0. The van der Waals surface area contributed by atoms with E-state index >= 15 is 0 Å². The van der Waals surface area contributed by atoms with Gasteiger partial charge in [-0.2, -0.15) is 0 Å². The van der Waals surface area contributed by atoms with Crippen LogP contribution in [0.1, 0.15) is 103 Å². The molecule has 0 fully saturated rings. The number of hydrogen-bond acceptors (Lipinski definition) is 2. The molecule has 2 heteroatoms. The Morgan fingerprint density at radius 1 is 0.333 bits per heavy atom. The molecule has 0 saturated carbocycles. The van der Waals surface area contributed by atoms with E-state index in [1.165, 1.54) is 77.9 Å². The monoisotopic (exact) mass is 778 g/mol. The molecule has 0 radical (unpaired) electrons. The van der Waals surface area contributed by atoms with Crippen molar-refractivity contribution in [1.29, 1.82) is 0 Å². The third-order valence-corrected chi connectivity index (χ3v) is 13.6. The van der Waals surface area contributed by atoms with Crippen molar-refractivity contribution in [3.05, 3.63) is 179 Å². The molecule has 2 aliphatic carbocycles. The average molecular weight is 779 g/mol. The van der Waals surface area contributed by atoms with Crippen LogP contribution in [0.25, 0.3) is 78.1 Å². The molecule has 1 aromatic heterocycles. The van der Waals surface area contributed by atoms with Crippen molar-refractivity contribution in [3.8, 4) is 67.0 Å². The number of rotatable bonds is 4. The van der Waals surface area contributed by atoms with Gasteiger partial charge in [0.25, 0.3) is 0 Å². The lowest BCUT2D eigenvalue weighted by Crippen LogP contribution is -2.17. The number of nitrogens with zero attached hydrogens (tertiary/aromatic N) is 2. The van der Waals surface area contributed by atoms with Crippen LogP contribution in [0.15, 0.2) is 146 Å². The molecule has 0 unspecified atom stereocenters. The minimum absolute atomic E-state index is 0.0489. The quantitative estimate of drug-likeness (QED) is 0.178. The van der Waals surface area contributed by atoms with Crippen molar-refractivity contribution in [2.45, 2.75) is 90.9 Å². The third-order valence-electron chi connectivity index (χ3n) is 13.6. The highest BCUT2D eigenvalue weighted by molar-refractivity contribution is 5.92. The Bertz CT molecular complexity index is 2810. The van der Waals surface area contributed by atoms with Gasteiger partial charge in [0.15, 0.2) is 0 Å². The van der Waals surface area contributed by atoms with Gasteiger partial charge >= 0.3 is 0 Å². The van der Waals surface area contributed by atoms with Gasteiger partial charge < -0.3 is 0 Å². The Hall–Kier alpha value is -6.12. The summed E-state index contributed by atoms with van der Waals surface area (Å²) in [5.74, 6) is 0. The molecule has 0 spiro atoms. The molecule has 8 aromatic rings. The first-order chi connectivity index (χ1) is 28.5. The number of fused-ring (bicyclic) bond motifs is 7. The van der Waals surface area contributed by atoms with Crippen LogP contribution in [0.5, 0.6) is 0 Å². The Kier molecular flexibility index (Phi) is 8.38. The van der Waals surface area contributed by atoms with E-state index in [1.54, 1.807) is 0 Å². The second kappa shape index (κ2) is 13.2. The maximum absolute atomic E-state index is 5.65. The standard InChI is InChI=1S/C58H54N2/c1-55(2,3)47-31-32-48(56(4,5)6)54-53(47)59-51(37-23-19-35(20-24-37)39-27-29-43-41-15-11-13-17-45(41)57(7,8)49(43)33-39)52(60-54)38-25-21-36(22-26-38)40-28-30-44-42-16-12-14-18-46(42)58(9,10)50(44)34-40/h11-34H,1-10H3. The summed E-state index contributed by atoms with van der Waals surface area (Å²) in [5.41, 5.74) is 23.8. The summed E-state index contributed by atoms with van der Waals surface area (Å²) in [7, 11) is 0. The van der Waals surface area contributed by atoms with Crippen molar-refractivity contribution >= 4 is 11.0 Å². The van der Waals surface area contributed by atoms with E-state index in [0.717, 1.165) is 33.5 Å². The summed E-state index contributed by atoms with van der Waals surface area (Å²) in [5, 5.41) is 0. The maximum atomic E-state index is 5.65. The van der Waals surface area contributed by atoms with E-state index in [0.29, 0.717) is 0 Å². The molecule has 2 aliphatic rings. The largest absolute Gasteiger partial charge is 0.244 e. The molecule has 0 saturated heterocycles. The van der Waals surface area contributed by atoms with Crippen LogP contribution in [0.4, 0.5) is 0 Å². The summed E-state index contributed by atoms with van der Waals surface area (Å²) in [6, 6.07) is 54.2. The first-order valence-electron chi connectivity index (χ1n) is 21.6. The van der Waals surface area contributed by atoms with Crippen LogP contribution >= 0.6 is 0 Å². The van der Waals surface area contributed by atoms with Gasteiger partial charge in [-0.25, -0.2) is 9.97 Å². The predicted molar refractivity (Wildman–Crippen MR) is 254 cm³/mol. The zero-order valence-corrected chi connectivity index (χ0v) is 36.8. The third kappa shape index (κ3) is 5.90. The average Bonchev–Trinajstić information content (AvgIpc) is 3.61. The first-order valence-corrected chi connectivity index (χ1v) is 21.6. The van der Waals surface area contributed by atoms with Gasteiger partial charge in [0, 0.05) is 22.0 Å². The lowest BCUT2D eigenvalue weighted by molar-refractivity contribution is 0.583. The van der Waals surface area contributed by atoms with Gasteiger partial charge in [-0.15, -0.1) is 0 Å². The lowest BCUT2D eigenvalue weighted by Gasteiger charge is -2.26. The highest BCUT2D eigenvalue weighted by atomic mass is 14.8. The van der Waals surface area contributed by atoms with Crippen LogP contribution in [-0.2, 0) is 21.7 Å². The smallest absolute Gasteiger partial charge is 0.0973 e. The fourth-order valence-corrected chi connectivity index (χ4v) is 10.2. The number of benzene rings is 7. The molecule has 0 aliphatic heterocycles. The molecule has 0 amide bonds. The minimum Gasteiger partial charge on any atom is -0.244 e. The van der Waals surface area contributed by atoms with Crippen molar-refractivity contribution in [3.63, 3.8) is 0 Å². The molecule has 0 bridgehead atoms. The molecule has 0 atom stereocenters. The molecule has 7 aromatic carbocycles. The molecule has 296 valence electrons. The molecule has 1 heterocycles. The van der Waals surface area contributed by atoms with Gasteiger partial charge in [0.05, 0.1) is 22.4 Å². The predicted octanol–water partition coefficient (Wildman–Crippen LogP) is 15.5. The summed E-state index contributed by atoms with van der Waals surface area (Å²) in [6.07, 6.45) is 0. The van der Waals surface area contributed by atoms with Gasteiger partial charge in [0.2, 0.25) is 0 Å². The van der Waals surface area contributed by atoms with Crippen LogP contribution in [0.2, 0.25) is 0 Å². The normalized spacial score (nSPS) is 14.8. The summed E-state index contributed by atoms with van der Waals surface area (Å²) >= 11 is 0. The van der Waals surface area contributed by atoms with Gasteiger partial charge in [-0.05, 0) is 101 Å². The Morgan fingerprint density at radius 2 is 0.650 bits per heavy atom. The van der Waals surface area contributed by atoms with Crippen molar-refractivity contribution in [2.24, 2.45) is 0 Å². The highest BCUT2D eigenvalue weighted by Crippen LogP contribution is 2.51. The molecule has 60 heavy (non-hydrogen) atoms. The van der Waals surface area contributed by atoms with Crippen LogP contribution in [0, 0.1) is 0 Å². The highest BCUT2D eigenvalue weighted by Gasteiger charge is 2.36. The number of aromatic nitrogens is 2. The summed E-state index contributed by atoms with van der Waals surface area (Å²) in [4.78, 5) is 11.3. The SMILES string of the molecule is CC(C)(C)c1ccc(C(C)(C)C)c2nc(-c3ccc(-c4ccc5c(c4)C(C)(C)c4ccccc4-5)cc3)c(-c3ccc(-c4ccc5c(c4)C(C)(C)c4ccccc4-5)cc3)nc12. The fourth-order valence-electron chi connectivity index (χ4n) is 10.2. The first kappa shape index (κ1) is 38.1. The fraction of sp³-hybridized carbons (Fsp3) is 0.241. The topological polar surface area (TPSA) is 25.8 Å². The van der Waals surface area contributed by atoms with E-state index in [2.05, 4.69) is 215 Å². The van der Waals surface area contributed by atoms with E-state index in [9.17, 15) is 0 Å². The van der Waals surface area contributed by atoms with Crippen LogP contribution in [0.3, 0.4) is 0 Å². The van der Waals surface area contributed by atoms with Crippen LogP contribution < -0.4 is 0 Å². The second-order valence-electron chi connectivity index (χ2n) is 20.3. The van der Waals surface area contributed by atoms with Crippen LogP contribution in [-0.4, -0.2) is 9.97 Å². The van der Waals surface area contributed by atoms with E-state index in [-0.39, 0.29) is 21.7 Å². The van der Waals surface area contributed by atoms with Crippen molar-refractivity contribution in [2.75, 3.05) is 0 Å². The Labute approximate surface area is 356 Å². The molecule has 2 nitrogen and oxygen atoms in total. The van der Waals surface area contributed by atoms with Gasteiger partial charge in [-0.1, -0.05) is 203 Å². The van der Waals surface area contributed by atoms with Gasteiger partial charge in [-0.3, -0.25) is 0 Å². The van der Waals surface area contributed by atoms with Gasteiger partial charge in [0.1, 0.15) is 0 Å². The van der Waals surface area contributed by atoms with E-state index in [4.69, 9.17) is 9.97 Å².